The van der Waals surface area contributed by atoms with E-state index in [1.807, 2.05) is 29.2 Å². The normalized spacial score (nSPS) is 25.9. The van der Waals surface area contributed by atoms with Crippen molar-refractivity contribution in [1.82, 2.24) is 34.9 Å². The maximum absolute atomic E-state index is 16.3. The van der Waals surface area contributed by atoms with Gasteiger partial charge in [-0.3, -0.25) is 48.6 Å². The third-order valence-corrected chi connectivity index (χ3v) is 15.7. The summed E-state index contributed by atoms with van der Waals surface area (Å²) in [6.07, 6.45) is 5.62. The molecule has 0 bridgehead atoms. The maximum Gasteiger partial charge on any atom is 0.329 e. The summed E-state index contributed by atoms with van der Waals surface area (Å²) in [6.45, 7) is 3.72. The van der Waals surface area contributed by atoms with Crippen LogP contribution in [0.1, 0.15) is 80.9 Å². The number of anilines is 2. The van der Waals surface area contributed by atoms with E-state index in [1.165, 1.54) is 15.2 Å². The fourth-order valence-electron chi connectivity index (χ4n) is 12.0. The number of piperidine rings is 2. The summed E-state index contributed by atoms with van der Waals surface area (Å²) < 4.78 is 19.3. The Labute approximate surface area is 384 Å². The van der Waals surface area contributed by atoms with Gasteiger partial charge in [0.1, 0.15) is 17.3 Å². The molecule has 4 N–H and O–H groups in total. The minimum atomic E-state index is -1.31. The van der Waals surface area contributed by atoms with Crippen molar-refractivity contribution in [2.45, 2.75) is 92.8 Å². The number of rotatable bonds is 7. The first-order valence-corrected chi connectivity index (χ1v) is 23.5. The van der Waals surface area contributed by atoms with Crippen molar-refractivity contribution in [1.29, 1.82) is 0 Å². The summed E-state index contributed by atoms with van der Waals surface area (Å²) in [6, 6.07) is 13.9. The molecule has 1 aromatic heterocycles. The molecule has 5 aliphatic heterocycles. The number of carbonyl (C=O) groups excluding carboxylic acids is 5. The van der Waals surface area contributed by atoms with Crippen molar-refractivity contribution >= 4 is 75.1 Å². The monoisotopic (exact) mass is 927 g/mol. The number of aromatic nitrogens is 2. The van der Waals surface area contributed by atoms with E-state index in [0.717, 1.165) is 24.9 Å². The number of nitrogens with one attached hydrogen (secondary N) is 4. The highest BCUT2D eigenvalue weighted by molar-refractivity contribution is 6.31. The number of amides is 5. The molecule has 1 unspecified atom stereocenters. The molecule has 1 aliphatic carbocycles. The van der Waals surface area contributed by atoms with Crippen LogP contribution in [0.4, 0.5) is 15.8 Å². The average Bonchev–Trinajstić information content (AvgIpc) is 3.85. The van der Waals surface area contributed by atoms with Crippen LogP contribution in [0, 0.1) is 5.82 Å². The molecule has 342 valence electrons. The van der Waals surface area contributed by atoms with Crippen molar-refractivity contribution in [2.24, 2.45) is 7.05 Å². The number of hydrogen-bond acceptors (Lipinski definition) is 9. The van der Waals surface area contributed by atoms with E-state index >= 15 is 4.39 Å². The van der Waals surface area contributed by atoms with E-state index in [0.29, 0.717) is 92.3 Å². The maximum atomic E-state index is 16.3. The second kappa shape index (κ2) is 16.9. The van der Waals surface area contributed by atoms with Gasteiger partial charge in [0.15, 0.2) is 0 Å². The van der Waals surface area contributed by atoms with E-state index in [2.05, 4.69) is 31.1 Å². The Hall–Kier alpha value is -5.29. The van der Waals surface area contributed by atoms with Crippen LogP contribution < -0.4 is 31.9 Å². The molecule has 5 fully saturated rings. The van der Waals surface area contributed by atoms with Crippen LogP contribution in [0.25, 0.3) is 11.0 Å². The molecule has 0 radical (unpaired) electrons. The van der Waals surface area contributed by atoms with Gasteiger partial charge in [0.25, 0.3) is 0 Å². The number of halogens is 3. The molecule has 3 aromatic carbocycles. The van der Waals surface area contributed by atoms with Gasteiger partial charge >= 0.3 is 5.69 Å². The van der Waals surface area contributed by atoms with Crippen LogP contribution in [0.15, 0.2) is 59.4 Å². The fraction of sp³-hybridized carbons (Fsp3) is 0.489. The highest BCUT2D eigenvalue weighted by Crippen LogP contribution is 2.62. The Morgan fingerprint density at radius 3 is 2.35 bits per heavy atom. The van der Waals surface area contributed by atoms with Gasteiger partial charge < -0.3 is 20.4 Å². The van der Waals surface area contributed by atoms with Gasteiger partial charge in [0.2, 0.25) is 29.5 Å². The van der Waals surface area contributed by atoms with Gasteiger partial charge in [0.05, 0.1) is 28.6 Å². The molecule has 4 atom stereocenters. The third kappa shape index (κ3) is 7.22. The Kier molecular flexibility index (Phi) is 11.3. The predicted octanol–water partition coefficient (Wildman–Crippen LogP) is 4.34. The Bertz CT molecular complexity index is 2680. The minimum absolute atomic E-state index is 0.0346. The van der Waals surface area contributed by atoms with Crippen LogP contribution in [-0.2, 0) is 36.4 Å². The number of imide groups is 1. The Balaban J connectivity index is 0.788. The number of fused-ring (bicyclic) bond motifs is 4. The van der Waals surface area contributed by atoms with Gasteiger partial charge in [-0.1, -0.05) is 60.7 Å². The topological polar surface area (TPSA) is 170 Å². The highest BCUT2D eigenvalue weighted by atomic mass is 35.5. The number of nitrogens with zero attached hydrogens (tertiary/aromatic N) is 5. The largest absolute Gasteiger partial charge is 0.368 e. The first-order chi connectivity index (χ1) is 31.3. The second-order valence-electron chi connectivity index (χ2n) is 18.6. The molecule has 4 aromatic rings. The number of imidazole rings is 1. The van der Waals surface area contributed by atoms with E-state index in [4.69, 9.17) is 23.2 Å². The zero-order valence-corrected chi connectivity index (χ0v) is 37.7. The summed E-state index contributed by atoms with van der Waals surface area (Å²) in [5.74, 6) is -2.92. The molecule has 5 amide bonds. The van der Waals surface area contributed by atoms with Crippen molar-refractivity contribution in [2.75, 3.05) is 56.0 Å². The summed E-state index contributed by atoms with van der Waals surface area (Å²) in [4.78, 5) is 86.9. The van der Waals surface area contributed by atoms with Crippen molar-refractivity contribution in [3.05, 3.63) is 92.1 Å². The van der Waals surface area contributed by atoms with Crippen molar-refractivity contribution < 1.29 is 28.4 Å². The van der Waals surface area contributed by atoms with Crippen molar-refractivity contribution in [3.8, 4) is 0 Å². The predicted molar refractivity (Wildman–Crippen MR) is 244 cm³/mol. The van der Waals surface area contributed by atoms with Gasteiger partial charge in [-0.15, -0.1) is 0 Å². The lowest BCUT2D eigenvalue weighted by atomic mass is 9.55. The van der Waals surface area contributed by atoms with Crippen LogP contribution in [-0.4, -0.2) is 112 Å². The van der Waals surface area contributed by atoms with Gasteiger partial charge in [-0.2, -0.15) is 0 Å². The quantitative estimate of drug-likeness (QED) is 0.197. The smallest absolute Gasteiger partial charge is 0.329 e. The molecular weight excluding hydrogens is 876 g/mol. The summed E-state index contributed by atoms with van der Waals surface area (Å²) in [5.41, 5.74) is 1.24. The number of carbonyl (C=O) groups is 5. The molecular formula is C47H52Cl2FN9O6. The molecule has 10 rings (SSSR count). The number of hydrogen-bond donors (Lipinski definition) is 4. The van der Waals surface area contributed by atoms with Crippen LogP contribution >= 0.6 is 23.2 Å². The average molecular weight is 929 g/mol. The van der Waals surface area contributed by atoms with Crippen LogP contribution in [0.5, 0.6) is 0 Å². The first-order valence-electron chi connectivity index (χ1n) is 22.7. The SMILES string of the molecule is Cn1c(=O)n(C2CCC(=O)NC2=O)c2ccc(N3CCN(C(=O)CN4CCC(NC(=O)[C@@H]5NC6(CCCCC6)[C@@]6(C(=O)Nc7cc(Cl)ccc76)[C@H]5c5cccc(Cl)c5F)CC4)CC3)cc21. The number of aryl methyl sites for hydroxylation is 1. The molecule has 4 saturated heterocycles. The lowest BCUT2D eigenvalue weighted by molar-refractivity contribution is -0.136. The van der Waals surface area contributed by atoms with Gasteiger partial charge in [-0.05, 0) is 79.6 Å². The molecule has 18 heteroatoms. The lowest BCUT2D eigenvalue weighted by Crippen LogP contribution is -2.60. The Morgan fingerprint density at radius 1 is 0.862 bits per heavy atom. The summed E-state index contributed by atoms with van der Waals surface area (Å²) in [7, 11) is 1.67. The number of piperazine rings is 1. The zero-order valence-electron chi connectivity index (χ0n) is 36.1. The highest BCUT2D eigenvalue weighted by Gasteiger charge is 2.72. The van der Waals surface area contributed by atoms with E-state index in [-0.39, 0.29) is 65.3 Å². The fourth-order valence-corrected chi connectivity index (χ4v) is 12.4. The summed E-state index contributed by atoms with van der Waals surface area (Å²) >= 11 is 12.8. The molecule has 2 spiro atoms. The first kappa shape index (κ1) is 43.6. The van der Waals surface area contributed by atoms with Crippen LogP contribution in [0.2, 0.25) is 10.0 Å². The minimum Gasteiger partial charge on any atom is -0.368 e. The van der Waals surface area contributed by atoms with Gasteiger partial charge in [0, 0.05) is 86.6 Å². The van der Waals surface area contributed by atoms with E-state index in [1.54, 1.807) is 31.3 Å². The molecule has 6 heterocycles. The van der Waals surface area contributed by atoms with Gasteiger partial charge in [-0.25, -0.2) is 9.18 Å². The molecule has 65 heavy (non-hydrogen) atoms. The van der Waals surface area contributed by atoms with E-state index in [9.17, 15) is 28.8 Å². The zero-order chi connectivity index (χ0) is 45.4. The van der Waals surface area contributed by atoms with Crippen molar-refractivity contribution in [3.63, 3.8) is 0 Å². The standard InChI is InChI=1S/C47H52Cl2FN9O6/c1-55-36-25-29(9-11-34(36)59(45(55)65)35-12-13-37(60)53-42(35)62)57-20-22-58(23-21-57)38(61)26-56-18-14-28(15-19-56)51-43(63)41-39(30-6-5-7-32(49)40(30)50)47(46(54-41)16-3-2-4-17-46)31-10-8-27(48)24-33(31)52-44(47)64/h5-11,24-25,28,35,39,41,54H,2-4,12-23,26H2,1H3,(H,51,63)(H,52,64)(H,53,60,62)/t35?,39-,41+,47+/m0/s1. The third-order valence-electron chi connectivity index (χ3n) is 15.2. The molecule has 15 nitrogen and oxygen atoms in total. The second-order valence-corrected chi connectivity index (χ2v) is 19.5. The number of likely N-dealkylation sites (tertiary alicyclic amines) is 1. The molecule has 1 saturated carbocycles. The number of benzene rings is 3. The van der Waals surface area contributed by atoms with E-state index < -0.39 is 40.7 Å². The Morgan fingerprint density at radius 2 is 1.62 bits per heavy atom. The molecule has 6 aliphatic rings. The summed E-state index contributed by atoms with van der Waals surface area (Å²) in [5, 5.41) is 12.8. The van der Waals surface area contributed by atoms with Crippen LogP contribution in [0.3, 0.4) is 0 Å². The lowest BCUT2D eigenvalue weighted by Gasteiger charge is -2.47.